The molecule has 2 fully saturated rings. The number of rotatable bonds is 5. The fourth-order valence-electron chi connectivity index (χ4n) is 5.39. The molecule has 4 heterocycles. The Morgan fingerprint density at radius 1 is 1.24 bits per heavy atom. The maximum atomic E-state index is 7.19. The van der Waals surface area contributed by atoms with Crippen LogP contribution in [0.15, 0.2) is 41.9 Å². The van der Waals surface area contributed by atoms with E-state index in [2.05, 4.69) is 42.8 Å². The van der Waals surface area contributed by atoms with Gasteiger partial charge in [0.1, 0.15) is 23.9 Å². The molecule has 0 radical (unpaired) electrons. The number of benzene rings is 1. The van der Waals surface area contributed by atoms with Gasteiger partial charge in [0, 0.05) is 6.20 Å². The van der Waals surface area contributed by atoms with Crippen molar-refractivity contribution in [2.24, 2.45) is 11.0 Å². The quantitative estimate of drug-likeness (QED) is 0.401. The molecule has 2 unspecified atom stereocenters. The number of anilines is 1. The minimum Gasteiger partial charge on any atom is -0.383 e. The molecule has 0 bridgehead atoms. The van der Waals surface area contributed by atoms with E-state index < -0.39 is 5.79 Å². The van der Waals surface area contributed by atoms with Crippen LogP contribution < -0.4 is 5.73 Å². The van der Waals surface area contributed by atoms with E-state index in [4.69, 9.17) is 20.7 Å². The number of hydrogen-bond acceptors (Lipinski definition) is 9. The van der Waals surface area contributed by atoms with Gasteiger partial charge in [0.15, 0.2) is 5.79 Å². The third kappa shape index (κ3) is 3.49. The van der Waals surface area contributed by atoms with E-state index in [0.717, 1.165) is 40.5 Å². The number of aryl methyl sites for hydroxylation is 1. The third-order valence-electron chi connectivity index (χ3n) is 6.79. The SMILES string of the molecule is CC1(C)O[C@@H]2C(CCc3ccc4sc(N=N)nc4c3)CC(n3ccc4c(N)ncnc43)[C@@H]2O1. The zero-order valence-corrected chi connectivity index (χ0v) is 19.2. The number of thiazole rings is 1. The highest BCUT2D eigenvalue weighted by molar-refractivity contribution is 7.21. The molecule has 1 saturated heterocycles. The first-order valence-electron chi connectivity index (χ1n) is 11.1. The molecule has 2 aliphatic rings. The van der Waals surface area contributed by atoms with E-state index >= 15 is 0 Å². The summed E-state index contributed by atoms with van der Waals surface area (Å²) in [5, 5.41) is 4.82. The average Bonchev–Trinajstić information content (AvgIpc) is 3.53. The third-order valence-corrected chi connectivity index (χ3v) is 7.72. The zero-order chi connectivity index (χ0) is 22.7. The van der Waals surface area contributed by atoms with Gasteiger partial charge in [-0.25, -0.2) is 20.5 Å². The molecule has 1 aliphatic heterocycles. The van der Waals surface area contributed by atoms with E-state index in [0.29, 0.717) is 16.9 Å². The maximum Gasteiger partial charge on any atom is 0.230 e. The van der Waals surface area contributed by atoms with Crippen molar-refractivity contribution >= 4 is 43.5 Å². The fourth-order valence-corrected chi connectivity index (χ4v) is 6.12. The largest absolute Gasteiger partial charge is 0.383 e. The van der Waals surface area contributed by atoms with Crippen molar-refractivity contribution in [2.75, 3.05) is 5.73 Å². The summed E-state index contributed by atoms with van der Waals surface area (Å²) in [5.41, 5.74) is 16.2. The fraction of sp³-hybridized carbons (Fsp3) is 0.435. The number of aromatic nitrogens is 4. The summed E-state index contributed by atoms with van der Waals surface area (Å²) in [5.74, 6) is 0.231. The first kappa shape index (κ1) is 20.6. The minimum absolute atomic E-state index is 0.0263. The average molecular weight is 464 g/mol. The van der Waals surface area contributed by atoms with Crippen LogP contribution in [0.2, 0.25) is 0 Å². The lowest BCUT2D eigenvalue weighted by Gasteiger charge is -2.24. The first-order chi connectivity index (χ1) is 15.9. The van der Waals surface area contributed by atoms with Crippen LogP contribution in [0.25, 0.3) is 21.3 Å². The number of nitrogens with two attached hydrogens (primary N) is 1. The molecule has 1 aromatic carbocycles. The van der Waals surface area contributed by atoms with Crippen LogP contribution in [0.4, 0.5) is 10.9 Å². The summed E-state index contributed by atoms with van der Waals surface area (Å²) in [7, 11) is 0. The Bertz CT molecular complexity index is 1360. The lowest BCUT2D eigenvalue weighted by Crippen LogP contribution is -2.27. The smallest absolute Gasteiger partial charge is 0.230 e. The molecule has 3 aromatic heterocycles. The first-order valence-corrected chi connectivity index (χ1v) is 11.9. The number of nitrogens with one attached hydrogen (secondary N) is 1. The number of ether oxygens (including phenoxy) is 2. The predicted molar refractivity (Wildman–Crippen MR) is 126 cm³/mol. The van der Waals surface area contributed by atoms with E-state index in [-0.39, 0.29) is 18.2 Å². The Hall–Kier alpha value is -2.95. The Kier molecular flexibility index (Phi) is 4.72. The summed E-state index contributed by atoms with van der Waals surface area (Å²) in [6.45, 7) is 3.97. The van der Waals surface area contributed by atoms with Crippen LogP contribution in [-0.4, -0.2) is 37.5 Å². The second-order valence-electron chi connectivity index (χ2n) is 9.30. The Labute approximate surface area is 194 Å². The van der Waals surface area contributed by atoms with Crippen molar-refractivity contribution in [3.8, 4) is 0 Å². The van der Waals surface area contributed by atoms with Crippen LogP contribution in [0.3, 0.4) is 0 Å². The molecular weight excluding hydrogens is 438 g/mol. The summed E-state index contributed by atoms with van der Waals surface area (Å²) in [6, 6.07) is 8.43. The Morgan fingerprint density at radius 3 is 2.94 bits per heavy atom. The van der Waals surface area contributed by atoms with Gasteiger partial charge in [-0.1, -0.05) is 17.4 Å². The number of nitrogens with zero attached hydrogens (tertiary/aromatic N) is 5. The summed E-state index contributed by atoms with van der Waals surface area (Å²) in [6.07, 6.45) is 6.39. The van der Waals surface area contributed by atoms with Gasteiger partial charge in [0.2, 0.25) is 5.13 Å². The summed E-state index contributed by atoms with van der Waals surface area (Å²) < 4.78 is 16.0. The van der Waals surface area contributed by atoms with Crippen molar-refractivity contribution in [1.29, 1.82) is 5.53 Å². The normalized spacial score (nSPS) is 26.2. The standard InChI is InChI=1S/C23H25N7O2S/c1-23(2)31-18-13(5-3-12-4-6-17-15(9-12)28-22(29-25)33-17)10-16(19(18)32-23)30-8-7-14-20(24)26-11-27-21(14)30/h4,6-9,11,13,16,18-19,25H,3,5,10H2,1-2H3,(H2,24,26,27)/t13?,16?,18-,19+/m1/s1. The molecule has 6 rings (SSSR count). The molecule has 0 amide bonds. The molecule has 170 valence electrons. The van der Waals surface area contributed by atoms with Crippen molar-refractivity contribution in [3.05, 3.63) is 42.4 Å². The highest BCUT2D eigenvalue weighted by Crippen LogP contribution is 2.49. The number of hydrogen-bond donors (Lipinski definition) is 2. The minimum atomic E-state index is -0.612. The van der Waals surface area contributed by atoms with Gasteiger partial charge < -0.3 is 19.8 Å². The predicted octanol–water partition coefficient (Wildman–Crippen LogP) is 5.00. The highest BCUT2D eigenvalue weighted by atomic mass is 32.1. The van der Waals surface area contributed by atoms with Crippen molar-refractivity contribution < 1.29 is 9.47 Å². The highest BCUT2D eigenvalue weighted by Gasteiger charge is 2.54. The monoisotopic (exact) mass is 463 g/mol. The van der Waals surface area contributed by atoms with Crippen LogP contribution in [-0.2, 0) is 15.9 Å². The van der Waals surface area contributed by atoms with E-state index in [1.165, 1.54) is 23.2 Å². The molecule has 4 atom stereocenters. The molecule has 10 heteroatoms. The van der Waals surface area contributed by atoms with Crippen molar-refractivity contribution in [3.63, 3.8) is 0 Å². The summed E-state index contributed by atoms with van der Waals surface area (Å²) in [4.78, 5) is 13.0. The lowest BCUT2D eigenvalue weighted by molar-refractivity contribution is -0.160. The molecular formula is C23H25N7O2S. The van der Waals surface area contributed by atoms with Crippen LogP contribution in [0, 0.1) is 11.4 Å². The molecule has 3 N–H and O–H groups in total. The van der Waals surface area contributed by atoms with Gasteiger partial charge >= 0.3 is 0 Å². The molecule has 4 aromatic rings. The molecule has 1 saturated carbocycles. The molecule has 1 aliphatic carbocycles. The second kappa shape index (κ2) is 7.54. The van der Waals surface area contributed by atoms with Crippen LogP contribution in [0.1, 0.15) is 38.3 Å². The Balaban J connectivity index is 1.27. The van der Waals surface area contributed by atoms with Crippen LogP contribution >= 0.6 is 11.3 Å². The van der Waals surface area contributed by atoms with Crippen molar-refractivity contribution in [1.82, 2.24) is 19.5 Å². The number of fused-ring (bicyclic) bond motifs is 3. The van der Waals surface area contributed by atoms with Gasteiger partial charge in [0.25, 0.3) is 0 Å². The topological polar surface area (TPSA) is 124 Å². The van der Waals surface area contributed by atoms with Crippen molar-refractivity contribution in [2.45, 2.75) is 57.1 Å². The van der Waals surface area contributed by atoms with Gasteiger partial charge in [-0.15, -0.1) is 5.11 Å². The van der Waals surface area contributed by atoms with Gasteiger partial charge in [0.05, 0.1) is 27.7 Å². The van der Waals surface area contributed by atoms with Gasteiger partial charge in [-0.3, -0.25) is 0 Å². The lowest BCUT2D eigenvalue weighted by atomic mass is 9.96. The van der Waals surface area contributed by atoms with Crippen LogP contribution in [0.5, 0.6) is 0 Å². The summed E-state index contributed by atoms with van der Waals surface area (Å²) >= 11 is 1.44. The van der Waals surface area contributed by atoms with Gasteiger partial charge in [-0.2, -0.15) is 0 Å². The molecule has 33 heavy (non-hydrogen) atoms. The zero-order valence-electron chi connectivity index (χ0n) is 18.4. The number of nitrogen functional groups attached to an aromatic ring is 1. The second-order valence-corrected chi connectivity index (χ2v) is 10.3. The van der Waals surface area contributed by atoms with E-state index in [1.54, 1.807) is 0 Å². The van der Waals surface area contributed by atoms with E-state index in [1.807, 2.05) is 26.1 Å². The molecule has 0 spiro atoms. The maximum absolute atomic E-state index is 7.19. The van der Waals surface area contributed by atoms with E-state index in [9.17, 15) is 0 Å². The molecule has 9 nitrogen and oxygen atoms in total. The Morgan fingerprint density at radius 2 is 2.09 bits per heavy atom. The van der Waals surface area contributed by atoms with Gasteiger partial charge in [-0.05, 0) is 62.8 Å².